The van der Waals surface area contributed by atoms with E-state index in [1.165, 1.54) is 0 Å². The zero-order chi connectivity index (χ0) is 20.0. The maximum absolute atomic E-state index is 12.2. The summed E-state index contributed by atoms with van der Waals surface area (Å²) < 4.78 is 1.90. The first kappa shape index (κ1) is 20.6. The molecule has 7 heteroatoms. The van der Waals surface area contributed by atoms with Gasteiger partial charge < -0.3 is 10.6 Å². The maximum atomic E-state index is 12.2. The number of anilines is 1. The van der Waals surface area contributed by atoms with E-state index < -0.39 is 0 Å². The molecule has 2 N–H and O–H groups in total. The Balaban J connectivity index is 1.80. The van der Waals surface area contributed by atoms with Gasteiger partial charge in [-0.3, -0.25) is 19.2 Å². The SMILES string of the molecule is CCn1nccc1CN(C)CC(=O)NCC(=O)Nc1c(C)cc(C)cc1C. The minimum absolute atomic E-state index is 0.0493. The monoisotopic (exact) mass is 371 g/mol. The number of hydrogen-bond donors (Lipinski definition) is 2. The van der Waals surface area contributed by atoms with Gasteiger partial charge in [0, 0.05) is 25.0 Å². The second-order valence-electron chi connectivity index (χ2n) is 6.91. The lowest BCUT2D eigenvalue weighted by Gasteiger charge is -2.17. The highest BCUT2D eigenvalue weighted by molar-refractivity contribution is 5.96. The van der Waals surface area contributed by atoms with E-state index in [4.69, 9.17) is 0 Å². The van der Waals surface area contributed by atoms with Crippen LogP contribution in [0.3, 0.4) is 0 Å². The van der Waals surface area contributed by atoms with E-state index in [-0.39, 0.29) is 24.9 Å². The summed E-state index contributed by atoms with van der Waals surface area (Å²) in [5.41, 5.74) is 5.04. The highest BCUT2D eigenvalue weighted by Crippen LogP contribution is 2.21. The summed E-state index contributed by atoms with van der Waals surface area (Å²) in [5, 5.41) is 9.79. The molecule has 2 aromatic rings. The van der Waals surface area contributed by atoms with E-state index in [9.17, 15) is 9.59 Å². The summed E-state index contributed by atoms with van der Waals surface area (Å²) in [7, 11) is 1.87. The molecule has 0 aliphatic heterocycles. The van der Waals surface area contributed by atoms with Gasteiger partial charge in [0.25, 0.3) is 0 Å². The number of nitrogens with zero attached hydrogens (tertiary/aromatic N) is 3. The van der Waals surface area contributed by atoms with Crippen molar-refractivity contribution in [3.8, 4) is 0 Å². The molecule has 27 heavy (non-hydrogen) atoms. The fraction of sp³-hybridized carbons (Fsp3) is 0.450. The van der Waals surface area contributed by atoms with Gasteiger partial charge in [-0.15, -0.1) is 0 Å². The molecule has 0 fully saturated rings. The molecule has 0 saturated carbocycles. The molecule has 0 saturated heterocycles. The Hall–Kier alpha value is -2.67. The van der Waals surface area contributed by atoms with Crippen LogP contribution in [0.25, 0.3) is 0 Å². The number of hydrogen-bond acceptors (Lipinski definition) is 4. The summed E-state index contributed by atoms with van der Waals surface area (Å²) in [4.78, 5) is 26.2. The fourth-order valence-electron chi connectivity index (χ4n) is 3.15. The van der Waals surface area contributed by atoms with E-state index in [0.29, 0.717) is 6.54 Å². The average Bonchev–Trinajstić information content (AvgIpc) is 3.03. The maximum Gasteiger partial charge on any atom is 0.243 e. The Morgan fingerprint density at radius 2 is 1.81 bits per heavy atom. The molecule has 1 aromatic carbocycles. The van der Waals surface area contributed by atoms with Gasteiger partial charge in [0.15, 0.2) is 0 Å². The van der Waals surface area contributed by atoms with Gasteiger partial charge in [-0.1, -0.05) is 17.7 Å². The predicted molar refractivity (Wildman–Crippen MR) is 107 cm³/mol. The fourth-order valence-corrected chi connectivity index (χ4v) is 3.15. The molecule has 0 radical (unpaired) electrons. The molecule has 0 aliphatic carbocycles. The van der Waals surface area contributed by atoms with Crippen molar-refractivity contribution in [1.29, 1.82) is 0 Å². The number of rotatable bonds is 8. The standard InChI is InChI=1S/C20H29N5O2/c1-6-25-17(7-8-22-25)12-24(5)13-19(27)21-11-18(26)23-20-15(3)9-14(2)10-16(20)4/h7-10H,6,11-13H2,1-5H3,(H,21,27)(H,23,26). The van der Waals surface area contributed by atoms with Gasteiger partial charge in [0.05, 0.1) is 18.8 Å². The van der Waals surface area contributed by atoms with Crippen molar-refractivity contribution in [1.82, 2.24) is 20.0 Å². The third kappa shape index (κ3) is 5.92. The molecule has 0 atom stereocenters. The zero-order valence-electron chi connectivity index (χ0n) is 16.8. The van der Waals surface area contributed by atoms with Crippen molar-refractivity contribution >= 4 is 17.5 Å². The lowest BCUT2D eigenvalue weighted by molar-refractivity contribution is -0.124. The van der Waals surface area contributed by atoms with E-state index in [2.05, 4.69) is 15.7 Å². The lowest BCUT2D eigenvalue weighted by Crippen LogP contribution is -2.39. The van der Waals surface area contributed by atoms with Gasteiger partial charge in [0.1, 0.15) is 0 Å². The zero-order valence-corrected chi connectivity index (χ0v) is 16.8. The lowest BCUT2D eigenvalue weighted by atomic mass is 10.1. The van der Waals surface area contributed by atoms with Crippen LogP contribution in [0.5, 0.6) is 0 Å². The van der Waals surface area contributed by atoms with E-state index in [0.717, 1.165) is 34.6 Å². The Morgan fingerprint density at radius 3 is 2.44 bits per heavy atom. The second-order valence-corrected chi connectivity index (χ2v) is 6.91. The summed E-state index contributed by atoms with van der Waals surface area (Å²) in [6, 6.07) is 5.99. The summed E-state index contributed by atoms with van der Waals surface area (Å²) >= 11 is 0. The Labute approximate surface area is 160 Å². The number of likely N-dealkylation sites (N-methyl/N-ethyl adjacent to an activating group) is 1. The van der Waals surface area contributed by atoms with Crippen LogP contribution in [0.15, 0.2) is 24.4 Å². The molecule has 0 aliphatic rings. The average molecular weight is 371 g/mol. The number of nitrogens with one attached hydrogen (secondary N) is 2. The largest absolute Gasteiger partial charge is 0.346 e. The second kappa shape index (κ2) is 9.32. The Morgan fingerprint density at radius 1 is 1.15 bits per heavy atom. The molecule has 1 heterocycles. The van der Waals surface area contributed by atoms with Crippen LogP contribution in [0.2, 0.25) is 0 Å². The van der Waals surface area contributed by atoms with Crippen LogP contribution in [0.1, 0.15) is 29.3 Å². The van der Waals surface area contributed by atoms with E-state index >= 15 is 0 Å². The first-order valence-corrected chi connectivity index (χ1v) is 9.13. The molecule has 7 nitrogen and oxygen atoms in total. The first-order chi connectivity index (χ1) is 12.8. The van der Waals surface area contributed by atoms with E-state index in [1.54, 1.807) is 6.20 Å². The van der Waals surface area contributed by atoms with Crippen LogP contribution in [-0.2, 0) is 22.7 Å². The van der Waals surface area contributed by atoms with Gasteiger partial charge in [-0.25, -0.2) is 0 Å². The molecule has 2 rings (SSSR count). The van der Waals surface area contributed by atoms with Gasteiger partial charge in [0.2, 0.25) is 11.8 Å². The van der Waals surface area contributed by atoms with Gasteiger partial charge >= 0.3 is 0 Å². The Kier molecular flexibility index (Phi) is 7.12. The van der Waals surface area contributed by atoms with Crippen molar-refractivity contribution in [3.63, 3.8) is 0 Å². The first-order valence-electron chi connectivity index (χ1n) is 9.13. The summed E-state index contributed by atoms with van der Waals surface area (Å²) in [6.45, 7) is 9.55. The summed E-state index contributed by atoms with van der Waals surface area (Å²) in [6.07, 6.45) is 1.76. The van der Waals surface area contributed by atoms with Crippen LogP contribution >= 0.6 is 0 Å². The molecule has 0 unspecified atom stereocenters. The number of aryl methyl sites for hydroxylation is 4. The third-order valence-corrected chi connectivity index (χ3v) is 4.34. The highest BCUT2D eigenvalue weighted by Gasteiger charge is 2.12. The molecular formula is C20H29N5O2. The van der Waals surface area contributed by atoms with Crippen molar-refractivity contribution in [3.05, 3.63) is 46.8 Å². The molecular weight excluding hydrogens is 342 g/mol. The quantitative estimate of drug-likeness (QED) is 0.744. The molecule has 2 amide bonds. The number of carbonyl (C=O) groups excluding carboxylic acids is 2. The van der Waals surface area contributed by atoms with Crippen molar-refractivity contribution in [2.45, 2.75) is 40.8 Å². The predicted octanol–water partition coefficient (Wildman–Crippen LogP) is 2.01. The number of aromatic nitrogens is 2. The number of amides is 2. The van der Waals surface area contributed by atoms with Crippen molar-refractivity contribution in [2.75, 3.05) is 25.5 Å². The highest BCUT2D eigenvalue weighted by atomic mass is 16.2. The molecule has 0 bridgehead atoms. The van der Waals surface area contributed by atoms with E-state index in [1.807, 2.05) is 62.5 Å². The van der Waals surface area contributed by atoms with Gasteiger partial charge in [-0.2, -0.15) is 5.10 Å². The van der Waals surface area contributed by atoms with Crippen LogP contribution < -0.4 is 10.6 Å². The van der Waals surface area contributed by atoms with Crippen LogP contribution in [0.4, 0.5) is 5.69 Å². The van der Waals surface area contributed by atoms with Crippen LogP contribution in [-0.4, -0.2) is 46.6 Å². The third-order valence-electron chi connectivity index (χ3n) is 4.34. The minimum atomic E-state index is -0.231. The Bertz CT molecular complexity index is 789. The minimum Gasteiger partial charge on any atom is -0.346 e. The normalized spacial score (nSPS) is 10.9. The number of carbonyl (C=O) groups is 2. The summed E-state index contributed by atoms with van der Waals surface area (Å²) in [5.74, 6) is -0.419. The van der Waals surface area contributed by atoms with Crippen molar-refractivity contribution in [2.24, 2.45) is 0 Å². The smallest absolute Gasteiger partial charge is 0.243 e. The van der Waals surface area contributed by atoms with Crippen LogP contribution in [0, 0.1) is 20.8 Å². The molecule has 1 aromatic heterocycles. The topological polar surface area (TPSA) is 79.3 Å². The van der Waals surface area contributed by atoms with Gasteiger partial charge in [-0.05, 0) is 51.9 Å². The molecule has 0 spiro atoms. The van der Waals surface area contributed by atoms with Crippen molar-refractivity contribution < 1.29 is 9.59 Å². The number of benzene rings is 1. The molecule has 146 valence electrons.